The maximum Gasteiger partial charge on any atom is 0.252 e. The van der Waals surface area contributed by atoms with E-state index in [1.165, 1.54) is 0 Å². The number of aromatic nitrogens is 1. The Balaban J connectivity index is 2.41. The fraction of sp³-hybridized carbons (Fsp3) is 0.500. The summed E-state index contributed by atoms with van der Waals surface area (Å²) in [4.78, 5) is 15.6. The second-order valence-corrected chi connectivity index (χ2v) is 4.44. The van der Waals surface area contributed by atoms with E-state index in [0.29, 0.717) is 11.3 Å². The van der Waals surface area contributed by atoms with E-state index < -0.39 is 5.91 Å². The van der Waals surface area contributed by atoms with Crippen molar-refractivity contribution >= 4 is 5.91 Å². The molecule has 0 aliphatic heterocycles. The molecule has 1 fully saturated rings. The summed E-state index contributed by atoms with van der Waals surface area (Å²) in [6, 6.07) is 0. The summed E-state index contributed by atoms with van der Waals surface area (Å²) in [7, 11) is 0. The average molecular weight is 220 g/mol. The SMILES string of the molecule is CC(C)c1cncc(OC2CC2)c1C(N)=O. The van der Waals surface area contributed by atoms with Gasteiger partial charge in [0.1, 0.15) is 0 Å². The van der Waals surface area contributed by atoms with Crippen molar-refractivity contribution in [2.45, 2.75) is 38.7 Å². The van der Waals surface area contributed by atoms with E-state index in [9.17, 15) is 4.79 Å². The minimum absolute atomic E-state index is 0.206. The number of pyridine rings is 1. The monoisotopic (exact) mass is 220 g/mol. The topological polar surface area (TPSA) is 65.2 Å². The number of nitrogens with zero attached hydrogens (tertiary/aromatic N) is 1. The van der Waals surface area contributed by atoms with E-state index in [0.717, 1.165) is 18.4 Å². The largest absolute Gasteiger partial charge is 0.488 e. The van der Waals surface area contributed by atoms with Gasteiger partial charge in [0.2, 0.25) is 0 Å². The van der Waals surface area contributed by atoms with Gasteiger partial charge in [-0.2, -0.15) is 0 Å². The van der Waals surface area contributed by atoms with E-state index in [2.05, 4.69) is 4.98 Å². The van der Waals surface area contributed by atoms with Crippen LogP contribution >= 0.6 is 0 Å². The third kappa shape index (κ3) is 2.15. The van der Waals surface area contributed by atoms with Crippen LogP contribution in [0.2, 0.25) is 0 Å². The summed E-state index contributed by atoms with van der Waals surface area (Å²) < 4.78 is 5.65. The Morgan fingerprint density at radius 2 is 2.19 bits per heavy atom. The van der Waals surface area contributed by atoms with E-state index in [4.69, 9.17) is 10.5 Å². The van der Waals surface area contributed by atoms with Gasteiger partial charge in [0.05, 0.1) is 17.9 Å². The molecule has 0 bridgehead atoms. The van der Waals surface area contributed by atoms with Crippen LogP contribution in [0.5, 0.6) is 5.75 Å². The molecule has 1 aliphatic carbocycles. The fourth-order valence-corrected chi connectivity index (χ4v) is 1.61. The normalized spacial score (nSPS) is 15.2. The van der Waals surface area contributed by atoms with Gasteiger partial charge in [-0.3, -0.25) is 9.78 Å². The lowest BCUT2D eigenvalue weighted by molar-refractivity contribution is 0.0994. The maximum absolute atomic E-state index is 11.5. The number of hydrogen-bond donors (Lipinski definition) is 1. The zero-order chi connectivity index (χ0) is 11.7. The van der Waals surface area contributed by atoms with Gasteiger partial charge in [0.25, 0.3) is 5.91 Å². The summed E-state index contributed by atoms with van der Waals surface area (Å²) in [5.41, 5.74) is 6.74. The molecule has 0 radical (unpaired) electrons. The van der Waals surface area contributed by atoms with Crippen molar-refractivity contribution in [3.05, 3.63) is 23.5 Å². The Morgan fingerprint density at radius 1 is 1.50 bits per heavy atom. The van der Waals surface area contributed by atoms with Crippen molar-refractivity contribution in [3.63, 3.8) is 0 Å². The van der Waals surface area contributed by atoms with Crippen LogP contribution < -0.4 is 10.5 Å². The standard InChI is InChI=1S/C12H16N2O2/c1-7(2)9-5-14-6-10(11(9)12(13)15)16-8-3-4-8/h5-8H,3-4H2,1-2H3,(H2,13,15). The lowest BCUT2D eigenvalue weighted by atomic mass is 9.98. The molecule has 0 unspecified atom stereocenters. The summed E-state index contributed by atoms with van der Waals surface area (Å²) in [5, 5.41) is 0. The smallest absolute Gasteiger partial charge is 0.252 e. The van der Waals surface area contributed by atoms with Crippen molar-refractivity contribution in [2.75, 3.05) is 0 Å². The average Bonchev–Trinajstić information content (AvgIpc) is 3.00. The predicted octanol–water partition coefficient (Wildman–Crippen LogP) is 1.85. The van der Waals surface area contributed by atoms with Crippen LogP contribution in [0.3, 0.4) is 0 Å². The molecule has 86 valence electrons. The molecule has 4 nitrogen and oxygen atoms in total. The molecule has 1 amide bonds. The number of carbonyl (C=O) groups excluding carboxylic acids is 1. The number of rotatable bonds is 4. The molecule has 0 saturated heterocycles. The second kappa shape index (κ2) is 4.12. The van der Waals surface area contributed by atoms with Gasteiger partial charge in [-0.1, -0.05) is 13.8 Å². The third-order valence-corrected chi connectivity index (χ3v) is 2.63. The highest BCUT2D eigenvalue weighted by Gasteiger charge is 2.27. The van der Waals surface area contributed by atoms with Crippen LogP contribution in [0.25, 0.3) is 0 Å². The molecule has 16 heavy (non-hydrogen) atoms. The van der Waals surface area contributed by atoms with Crippen LogP contribution in [-0.2, 0) is 0 Å². The van der Waals surface area contributed by atoms with Gasteiger partial charge in [-0.05, 0) is 24.3 Å². The van der Waals surface area contributed by atoms with Crippen molar-refractivity contribution in [1.82, 2.24) is 4.98 Å². The molecule has 4 heteroatoms. The van der Waals surface area contributed by atoms with E-state index >= 15 is 0 Å². The lowest BCUT2D eigenvalue weighted by Gasteiger charge is -2.14. The first-order valence-corrected chi connectivity index (χ1v) is 5.54. The Hall–Kier alpha value is -1.58. The molecule has 1 aliphatic rings. The van der Waals surface area contributed by atoms with Gasteiger partial charge in [0, 0.05) is 6.20 Å². The van der Waals surface area contributed by atoms with Gasteiger partial charge in [0.15, 0.2) is 5.75 Å². The highest BCUT2D eigenvalue weighted by Crippen LogP contribution is 2.31. The number of nitrogens with two attached hydrogens (primary N) is 1. The highest BCUT2D eigenvalue weighted by molar-refractivity contribution is 5.97. The molecule has 1 heterocycles. The van der Waals surface area contributed by atoms with Gasteiger partial charge in [-0.25, -0.2) is 0 Å². The summed E-state index contributed by atoms with van der Waals surface area (Å²) >= 11 is 0. The summed E-state index contributed by atoms with van der Waals surface area (Å²) in [5.74, 6) is 0.292. The first kappa shape index (κ1) is 10.9. The second-order valence-electron chi connectivity index (χ2n) is 4.44. The first-order valence-electron chi connectivity index (χ1n) is 5.54. The van der Waals surface area contributed by atoms with Crippen LogP contribution in [0.4, 0.5) is 0 Å². The Morgan fingerprint density at radius 3 is 2.69 bits per heavy atom. The zero-order valence-corrected chi connectivity index (χ0v) is 9.56. The van der Waals surface area contributed by atoms with E-state index in [1.54, 1.807) is 12.4 Å². The quantitative estimate of drug-likeness (QED) is 0.842. The maximum atomic E-state index is 11.5. The Labute approximate surface area is 94.8 Å². The Bertz CT molecular complexity index is 411. The predicted molar refractivity (Wildman–Crippen MR) is 60.5 cm³/mol. The van der Waals surface area contributed by atoms with Crippen molar-refractivity contribution in [1.29, 1.82) is 0 Å². The molecule has 1 saturated carbocycles. The van der Waals surface area contributed by atoms with Crippen molar-refractivity contribution in [2.24, 2.45) is 5.73 Å². The molecule has 2 rings (SSSR count). The highest BCUT2D eigenvalue weighted by atomic mass is 16.5. The number of carbonyl (C=O) groups is 1. The van der Waals surface area contributed by atoms with Crippen LogP contribution in [0, 0.1) is 0 Å². The van der Waals surface area contributed by atoms with Gasteiger partial charge < -0.3 is 10.5 Å². The zero-order valence-electron chi connectivity index (χ0n) is 9.56. The lowest BCUT2D eigenvalue weighted by Crippen LogP contribution is -2.17. The Kier molecular flexibility index (Phi) is 2.81. The molecule has 0 atom stereocenters. The van der Waals surface area contributed by atoms with E-state index in [1.807, 2.05) is 13.8 Å². The number of ether oxygens (including phenoxy) is 1. The van der Waals surface area contributed by atoms with Crippen LogP contribution in [0.15, 0.2) is 12.4 Å². The number of hydrogen-bond acceptors (Lipinski definition) is 3. The first-order chi connectivity index (χ1) is 7.59. The summed E-state index contributed by atoms with van der Waals surface area (Å²) in [6.45, 7) is 4.01. The third-order valence-electron chi connectivity index (χ3n) is 2.63. The van der Waals surface area contributed by atoms with Gasteiger partial charge in [-0.15, -0.1) is 0 Å². The minimum atomic E-state index is -0.443. The van der Waals surface area contributed by atoms with E-state index in [-0.39, 0.29) is 12.0 Å². The summed E-state index contributed by atoms with van der Waals surface area (Å²) in [6.07, 6.45) is 5.59. The molecule has 0 aromatic carbocycles. The molecule has 1 aromatic heterocycles. The fourth-order valence-electron chi connectivity index (χ4n) is 1.61. The number of primary amides is 1. The van der Waals surface area contributed by atoms with Crippen molar-refractivity contribution < 1.29 is 9.53 Å². The van der Waals surface area contributed by atoms with Crippen LogP contribution in [-0.4, -0.2) is 17.0 Å². The molecular formula is C12H16N2O2. The van der Waals surface area contributed by atoms with Crippen LogP contribution in [0.1, 0.15) is 48.5 Å². The minimum Gasteiger partial charge on any atom is -0.488 e. The molecular weight excluding hydrogens is 204 g/mol. The molecule has 2 N–H and O–H groups in total. The number of amides is 1. The van der Waals surface area contributed by atoms with Gasteiger partial charge >= 0.3 is 0 Å². The molecule has 1 aromatic rings. The molecule has 0 spiro atoms. The van der Waals surface area contributed by atoms with Crippen molar-refractivity contribution in [3.8, 4) is 5.75 Å².